The number of hydrogen-bond acceptors (Lipinski definition) is 5. The lowest BCUT2D eigenvalue weighted by Crippen LogP contribution is -2.45. The zero-order valence-corrected chi connectivity index (χ0v) is 56.7. The van der Waals surface area contributed by atoms with E-state index in [4.69, 9.17) is 4.74 Å². The molecule has 6 heteroatoms. The SMILES string of the molecule is CCCCCCCCCCCCCCCCCCCCCCCCC(O)C(CO)NC(=O)CCCCCCCCCCCCCCCCC/C=C\CCCCCCCCCCCCCCOC(=O)CCCCCCCCCCCCCCC. The number of esters is 1. The van der Waals surface area contributed by atoms with E-state index in [1.54, 1.807) is 0 Å². The van der Waals surface area contributed by atoms with Crippen LogP contribution < -0.4 is 5.32 Å². The first-order chi connectivity index (χ1) is 41.0. The van der Waals surface area contributed by atoms with Crippen molar-refractivity contribution < 1.29 is 24.5 Å². The molecule has 1 amide bonds. The molecule has 0 aliphatic heterocycles. The molecule has 3 N–H and O–H groups in total. The molecule has 0 aromatic rings. The van der Waals surface area contributed by atoms with Crippen LogP contribution in [0.1, 0.15) is 444 Å². The molecule has 0 rings (SSSR count). The maximum absolute atomic E-state index is 12.6. The molecule has 83 heavy (non-hydrogen) atoms. The average Bonchev–Trinajstić information content (AvgIpc) is 3.49. The maximum Gasteiger partial charge on any atom is 0.305 e. The third-order valence-corrected chi connectivity index (χ3v) is 18.3. The molecule has 0 fully saturated rings. The highest BCUT2D eigenvalue weighted by Gasteiger charge is 2.20. The van der Waals surface area contributed by atoms with Crippen LogP contribution in [0.4, 0.5) is 0 Å². The topological polar surface area (TPSA) is 95.9 Å². The van der Waals surface area contributed by atoms with E-state index in [1.165, 1.54) is 372 Å². The zero-order chi connectivity index (χ0) is 59.9. The Labute approximate surface area is 520 Å². The Kier molecular flexibility index (Phi) is 71.8. The van der Waals surface area contributed by atoms with Gasteiger partial charge in [-0.1, -0.05) is 392 Å². The average molecular weight is 1170 g/mol. The first-order valence-corrected chi connectivity index (χ1v) is 38.4. The van der Waals surface area contributed by atoms with Crippen molar-refractivity contribution in [2.45, 2.75) is 456 Å². The van der Waals surface area contributed by atoms with E-state index >= 15 is 0 Å². The number of aliphatic hydroxyl groups is 2. The van der Waals surface area contributed by atoms with Crippen LogP contribution in [-0.2, 0) is 14.3 Å². The maximum atomic E-state index is 12.6. The third kappa shape index (κ3) is 69.6. The van der Waals surface area contributed by atoms with Crippen LogP contribution in [0.3, 0.4) is 0 Å². The lowest BCUT2D eigenvalue weighted by molar-refractivity contribution is -0.143. The highest BCUT2D eigenvalue weighted by Crippen LogP contribution is 2.20. The summed E-state index contributed by atoms with van der Waals surface area (Å²) in [7, 11) is 0. The van der Waals surface area contributed by atoms with Crippen molar-refractivity contribution in [3.05, 3.63) is 12.2 Å². The predicted molar refractivity (Wildman–Crippen MR) is 366 cm³/mol. The van der Waals surface area contributed by atoms with Gasteiger partial charge in [0.25, 0.3) is 0 Å². The second-order valence-electron chi connectivity index (χ2n) is 26.7. The number of rotatable bonds is 73. The Bertz CT molecular complexity index is 1260. The molecule has 6 nitrogen and oxygen atoms in total. The minimum atomic E-state index is -0.663. The second kappa shape index (κ2) is 73.1. The lowest BCUT2D eigenvalue weighted by Gasteiger charge is -2.22. The van der Waals surface area contributed by atoms with Crippen molar-refractivity contribution in [2.75, 3.05) is 13.2 Å². The van der Waals surface area contributed by atoms with Gasteiger partial charge in [-0.2, -0.15) is 0 Å². The molecular weight excluding hydrogens is 1020 g/mol. The lowest BCUT2D eigenvalue weighted by atomic mass is 10.0. The van der Waals surface area contributed by atoms with Crippen LogP contribution in [-0.4, -0.2) is 47.4 Å². The minimum Gasteiger partial charge on any atom is -0.466 e. The molecule has 0 spiro atoms. The zero-order valence-electron chi connectivity index (χ0n) is 56.7. The summed E-state index contributed by atoms with van der Waals surface area (Å²) in [6.07, 6.45) is 91.5. The number of ether oxygens (including phenoxy) is 1. The van der Waals surface area contributed by atoms with E-state index in [2.05, 4.69) is 31.3 Å². The highest BCUT2D eigenvalue weighted by molar-refractivity contribution is 5.76. The smallest absolute Gasteiger partial charge is 0.305 e. The summed E-state index contributed by atoms with van der Waals surface area (Å²) in [4.78, 5) is 24.6. The number of aliphatic hydroxyl groups excluding tert-OH is 2. The van der Waals surface area contributed by atoms with E-state index in [0.29, 0.717) is 25.9 Å². The van der Waals surface area contributed by atoms with Gasteiger partial charge in [-0.05, 0) is 51.4 Å². The van der Waals surface area contributed by atoms with Gasteiger partial charge in [0, 0.05) is 12.8 Å². The number of allylic oxidation sites excluding steroid dienone is 2. The molecule has 494 valence electrons. The molecule has 0 aliphatic carbocycles. The fraction of sp³-hybridized carbons (Fsp3) is 0.948. The van der Waals surface area contributed by atoms with Crippen LogP contribution in [0.15, 0.2) is 12.2 Å². The van der Waals surface area contributed by atoms with Crippen molar-refractivity contribution in [1.82, 2.24) is 5.32 Å². The van der Waals surface area contributed by atoms with Crippen molar-refractivity contribution in [2.24, 2.45) is 0 Å². The summed E-state index contributed by atoms with van der Waals surface area (Å²) in [6.45, 7) is 5.01. The van der Waals surface area contributed by atoms with E-state index < -0.39 is 12.1 Å². The summed E-state index contributed by atoms with van der Waals surface area (Å²) >= 11 is 0. The summed E-state index contributed by atoms with van der Waals surface area (Å²) in [5.74, 6) is -0.00681. The number of nitrogens with one attached hydrogen (secondary N) is 1. The van der Waals surface area contributed by atoms with Gasteiger partial charge in [-0.25, -0.2) is 0 Å². The Morgan fingerprint density at radius 1 is 0.325 bits per heavy atom. The first-order valence-electron chi connectivity index (χ1n) is 38.4. The number of unbranched alkanes of at least 4 members (excludes halogenated alkanes) is 60. The molecule has 2 unspecified atom stereocenters. The van der Waals surface area contributed by atoms with Crippen LogP contribution in [0.25, 0.3) is 0 Å². The highest BCUT2D eigenvalue weighted by atomic mass is 16.5. The number of carbonyl (C=O) groups excluding carboxylic acids is 2. The summed E-state index contributed by atoms with van der Waals surface area (Å²) < 4.78 is 5.49. The van der Waals surface area contributed by atoms with Crippen LogP contribution >= 0.6 is 0 Å². The van der Waals surface area contributed by atoms with E-state index in [9.17, 15) is 19.8 Å². The number of amides is 1. The van der Waals surface area contributed by atoms with Gasteiger partial charge in [0.15, 0.2) is 0 Å². The van der Waals surface area contributed by atoms with Crippen molar-refractivity contribution >= 4 is 11.9 Å². The molecule has 0 heterocycles. The fourth-order valence-corrected chi connectivity index (χ4v) is 12.5. The second-order valence-corrected chi connectivity index (χ2v) is 26.7. The monoisotopic (exact) mass is 1170 g/mol. The Hall–Kier alpha value is -1.40. The van der Waals surface area contributed by atoms with E-state index in [1.807, 2.05) is 0 Å². The number of carbonyl (C=O) groups is 2. The summed E-state index contributed by atoms with van der Waals surface area (Å²) in [6, 6.07) is -0.540. The van der Waals surface area contributed by atoms with Gasteiger partial charge in [-0.15, -0.1) is 0 Å². The molecule has 0 aromatic heterocycles. The van der Waals surface area contributed by atoms with Gasteiger partial charge in [0.2, 0.25) is 5.91 Å². The number of hydrogen-bond donors (Lipinski definition) is 3. The van der Waals surface area contributed by atoms with E-state index in [0.717, 1.165) is 38.5 Å². The van der Waals surface area contributed by atoms with Gasteiger partial charge in [0.1, 0.15) is 0 Å². The van der Waals surface area contributed by atoms with Crippen molar-refractivity contribution in [1.29, 1.82) is 0 Å². The molecule has 2 atom stereocenters. The Balaban J connectivity index is 3.36. The summed E-state index contributed by atoms with van der Waals surface area (Å²) in [5.41, 5.74) is 0. The Morgan fingerprint density at radius 3 is 0.855 bits per heavy atom. The van der Waals surface area contributed by atoms with Gasteiger partial charge < -0.3 is 20.3 Å². The molecule has 0 saturated carbocycles. The molecule has 0 aliphatic rings. The van der Waals surface area contributed by atoms with Crippen LogP contribution in [0, 0.1) is 0 Å². The quantitative estimate of drug-likeness (QED) is 0.0320. The largest absolute Gasteiger partial charge is 0.466 e. The third-order valence-electron chi connectivity index (χ3n) is 18.3. The Morgan fingerprint density at radius 2 is 0.566 bits per heavy atom. The molecular formula is C77H151NO5. The van der Waals surface area contributed by atoms with Crippen LogP contribution in [0.5, 0.6) is 0 Å². The first kappa shape index (κ1) is 81.6. The van der Waals surface area contributed by atoms with E-state index in [-0.39, 0.29) is 18.5 Å². The molecule has 0 saturated heterocycles. The van der Waals surface area contributed by atoms with Crippen molar-refractivity contribution in [3.63, 3.8) is 0 Å². The predicted octanol–water partition coefficient (Wildman–Crippen LogP) is 25.1. The van der Waals surface area contributed by atoms with Gasteiger partial charge in [0.05, 0.1) is 25.4 Å². The van der Waals surface area contributed by atoms with Gasteiger partial charge >= 0.3 is 5.97 Å². The van der Waals surface area contributed by atoms with Gasteiger partial charge in [-0.3, -0.25) is 9.59 Å². The molecule has 0 aromatic carbocycles. The minimum absolute atomic E-state index is 0.0204. The molecule has 0 radical (unpaired) electrons. The standard InChI is InChI=1S/C77H151NO5/c1-3-5-7-9-11-13-15-17-18-19-20-21-33-36-39-42-46-49-53-57-61-65-69-75(80)74(73-79)78-76(81)70-66-62-58-54-50-47-43-40-37-34-31-29-27-25-23-22-24-26-28-30-32-35-38-41-44-48-52-56-60-64-68-72-83-77(82)71-67-63-59-55-51-45-16-14-12-10-8-6-4-2/h24,26,74-75,79-80H,3-23,25,27-73H2,1-2H3,(H,78,81)/b26-24-. The van der Waals surface area contributed by atoms with Crippen molar-refractivity contribution in [3.8, 4) is 0 Å². The fourth-order valence-electron chi connectivity index (χ4n) is 12.5. The summed E-state index contributed by atoms with van der Waals surface area (Å²) in [5, 5.41) is 23.5. The normalized spacial score (nSPS) is 12.5. The van der Waals surface area contributed by atoms with Crippen LogP contribution in [0.2, 0.25) is 0 Å². The molecule has 0 bridgehead atoms.